The van der Waals surface area contributed by atoms with Gasteiger partial charge in [-0.3, -0.25) is 0 Å². The molecule has 14 rings (SSSR count). The fourth-order valence-corrected chi connectivity index (χ4v) is 14.0. The van der Waals surface area contributed by atoms with Crippen molar-refractivity contribution in [1.82, 2.24) is 0 Å². The molecule has 77 heavy (non-hydrogen) atoms. The monoisotopic (exact) mass is 981 g/mol. The normalized spacial score (nSPS) is 15.8. The summed E-state index contributed by atoms with van der Waals surface area (Å²) < 4.78 is 0. The standard InChI is InChI=1S/C76H55N/c1-54-30-9-2-10-31-55-32-27-52-69(72(55)74(54,56-33-11-3-12-34-56)57-35-13-4-14-36-57)77(68-51-29-50-67-71(68)64-46-24-26-49-66(64)75(67,58-37-15-5-16-38-58)59-39-17-6-18-40-59)70-53-28-47-63-62-45-23-25-48-65(62)76(73(63)70,60-41-19-7-20-42-60)61-43-21-8-22-44-61/h2-30,32-53H,1,31H2/b10-2-,30-9-. The largest absolute Gasteiger partial charge is 0.309 e. The van der Waals surface area contributed by atoms with E-state index in [9.17, 15) is 0 Å². The van der Waals surface area contributed by atoms with E-state index in [1.807, 2.05) is 0 Å². The van der Waals surface area contributed by atoms with Gasteiger partial charge in [0.2, 0.25) is 0 Å². The van der Waals surface area contributed by atoms with Crippen molar-refractivity contribution in [2.45, 2.75) is 22.7 Å². The van der Waals surface area contributed by atoms with Crippen LogP contribution in [0, 0.1) is 0 Å². The summed E-state index contributed by atoms with van der Waals surface area (Å²) in [5, 5.41) is 0. The summed E-state index contributed by atoms with van der Waals surface area (Å²) in [6.07, 6.45) is 9.63. The second kappa shape index (κ2) is 18.7. The first-order valence-electron chi connectivity index (χ1n) is 26.9. The van der Waals surface area contributed by atoms with Gasteiger partial charge in [-0.1, -0.05) is 298 Å². The van der Waals surface area contributed by atoms with Gasteiger partial charge in [0.1, 0.15) is 0 Å². The van der Waals surface area contributed by atoms with Crippen LogP contribution in [0.3, 0.4) is 0 Å². The highest BCUT2D eigenvalue weighted by Crippen LogP contribution is 2.64. The number of hydrogen-bond donors (Lipinski definition) is 0. The average Bonchev–Trinajstić information content (AvgIpc) is 4.20. The minimum Gasteiger partial charge on any atom is -0.309 e. The van der Waals surface area contributed by atoms with Crippen LogP contribution in [0.25, 0.3) is 22.3 Å². The topological polar surface area (TPSA) is 3.24 Å². The molecule has 0 unspecified atom stereocenters. The van der Waals surface area contributed by atoms with Crippen LogP contribution in [0.1, 0.15) is 66.8 Å². The summed E-state index contributed by atoms with van der Waals surface area (Å²) in [5.74, 6) is 0. The lowest BCUT2D eigenvalue weighted by Crippen LogP contribution is -2.35. The Morgan fingerprint density at radius 3 is 1.23 bits per heavy atom. The van der Waals surface area contributed by atoms with E-state index in [2.05, 4.69) is 314 Å². The fourth-order valence-electron chi connectivity index (χ4n) is 14.0. The van der Waals surface area contributed by atoms with Crippen molar-refractivity contribution in [2.24, 2.45) is 0 Å². The summed E-state index contributed by atoms with van der Waals surface area (Å²) in [6.45, 7) is 5.13. The maximum atomic E-state index is 5.13. The predicted molar refractivity (Wildman–Crippen MR) is 320 cm³/mol. The first-order chi connectivity index (χ1) is 38.2. The van der Waals surface area contributed by atoms with Crippen molar-refractivity contribution in [3.8, 4) is 22.3 Å². The molecule has 0 fully saturated rings. The molecule has 0 spiro atoms. The van der Waals surface area contributed by atoms with Gasteiger partial charge in [-0.2, -0.15) is 0 Å². The second-order valence-corrected chi connectivity index (χ2v) is 20.6. The zero-order chi connectivity index (χ0) is 51.4. The Kier molecular flexibility index (Phi) is 11.2. The Morgan fingerprint density at radius 2 is 0.688 bits per heavy atom. The zero-order valence-electron chi connectivity index (χ0n) is 42.8. The van der Waals surface area contributed by atoms with Gasteiger partial charge in [-0.05, 0) is 108 Å². The number of nitrogens with zero attached hydrogens (tertiary/aromatic N) is 1. The van der Waals surface area contributed by atoms with Crippen LogP contribution in [0.15, 0.2) is 322 Å². The van der Waals surface area contributed by atoms with Crippen LogP contribution in [0.5, 0.6) is 0 Å². The third-order valence-electron chi connectivity index (χ3n) is 16.9. The molecule has 0 saturated carbocycles. The number of hydrogen-bond acceptors (Lipinski definition) is 1. The van der Waals surface area contributed by atoms with Crippen LogP contribution in [-0.4, -0.2) is 0 Å². The third kappa shape index (κ3) is 6.73. The van der Waals surface area contributed by atoms with Crippen molar-refractivity contribution in [1.29, 1.82) is 0 Å². The van der Waals surface area contributed by atoms with E-state index in [-0.39, 0.29) is 0 Å². The molecule has 0 bridgehead atoms. The van der Waals surface area contributed by atoms with E-state index in [1.54, 1.807) is 0 Å². The van der Waals surface area contributed by atoms with E-state index in [0.29, 0.717) is 6.42 Å². The minimum atomic E-state index is -0.847. The van der Waals surface area contributed by atoms with E-state index >= 15 is 0 Å². The molecule has 0 amide bonds. The van der Waals surface area contributed by atoms with Gasteiger partial charge >= 0.3 is 0 Å². The summed E-state index contributed by atoms with van der Waals surface area (Å²) >= 11 is 0. The second-order valence-electron chi connectivity index (χ2n) is 20.6. The number of allylic oxidation sites excluding steroid dienone is 5. The molecule has 0 atom stereocenters. The number of rotatable bonds is 9. The lowest BCUT2D eigenvalue weighted by Gasteiger charge is -2.43. The molecule has 0 aromatic heterocycles. The smallest absolute Gasteiger partial charge is 0.0734 e. The molecule has 364 valence electrons. The number of fused-ring (bicyclic) bond motifs is 7. The molecule has 11 aromatic carbocycles. The molecule has 1 heteroatoms. The highest BCUT2D eigenvalue weighted by Gasteiger charge is 2.52. The highest BCUT2D eigenvalue weighted by molar-refractivity contribution is 6.01. The first kappa shape index (κ1) is 46.0. The first-order valence-corrected chi connectivity index (χ1v) is 26.9. The molecular formula is C76H55N. The third-order valence-corrected chi connectivity index (χ3v) is 16.9. The van der Waals surface area contributed by atoms with E-state index < -0.39 is 16.2 Å². The molecule has 11 aromatic rings. The SMILES string of the molecule is C=C1/C=C\C=C/Cc2cccc(N(c3cccc4c3-c3ccccc3C4(c3ccccc3)c3ccccc3)c3cccc4c3C(c3ccccc3)(c3ccccc3)c3ccccc3-4)c2C1(c1ccccc1)c1ccccc1. The van der Waals surface area contributed by atoms with E-state index in [1.165, 1.54) is 77.9 Å². The molecule has 0 heterocycles. The van der Waals surface area contributed by atoms with Gasteiger partial charge in [0.25, 0.3) is 0 Å². The van der Waals surface area contributed by atoms with Crippen LogP contribution in [0.2, 0.25) is 0 Å². The molecule has 1 nitrogen and oxygen atoms in total. The molecule has 0 N–H and O–H groups in total. The van der Waals surface area contributed by atoms with Crippen LogP contribution < -0.4 is 4.90 Å². The van der Waals surface area contributed by atoms with Crippen LogP contribution in [0.4, 0.5) is 17.1 Å². The van der Waals surface area contributed by atoms with Crippen molar-refractivity contribution >= 4 is 17.1 Å². The Bertz CT molecular complexity index is 3940. The molecule has 3 aliphatic carbocycles. The van der Waals surface area contributed by atoms with Gasteiger partial charge in [-0.25, -0.2) is 0 Å². The van der Waals surface area contributed by atoms with Gasteiger partial charge in [0.15, 0.2) is 0 Å². The molecule has 0 radical (unpaired) electrons. The van der Waals surface area contributed by atoms with E-state index in [4.69, 9.17) is 6.58 Å². The highest BCUT2D eigenvalue weighted by atomic mass is 15.2. The Morgan fingerprint density at radius 1 is 0.299 bits per heavy atom. The van der Waals surface area contributed by atoms with Gasteiger partial charge in [0, 0.05) is 11.1 Å². The average molecular weight is 982 g/mol. The van der Waals surface area contributed by atoms with Gasteiger partial charge in [-0.15, -0.1) is 0 Å². The number of benzene rings is 11. The number of anilines is 3. The molecular weight excluding hydrogens is 927 g/mol. The summed E-state index contributed by atoms with van der Waals surface area (Å²) in [5.41, 5.74) is 21.6. The van der Waals surface area contributed by atoms with Crippen LogP contribution >= 0.6 is 0 Å². The Hall–Kier alpha value is -9.56. The maximum Gasteiger partial charge on any atom is 0.0734 e. The van der Waals surface area contributed by atoms with Crippen molar-refractivity contribution in [3.05, 3.63) is 388 Å². The maximum absolute atomic E-state index is 5.13. The van der Waals surface area contributed by atoms with E-state index in [0.717, 1.165) is 33.8 Å². The van der Waals surface area contributed by atoms with Crippen molar-refractivity contribution in [2.75, 3.05) is 4.90 Å². The molecule has 0 saturated heterocycles. The predicted octanol–water partition coefficient (Wildman–Crippen LogP) is 18.4. The minimum absolute atomic E-state index is 0.631. The fraction of sp³-hybridized carbons (Fsp3) is 0.0526. The lowest BCUT2D eigenvalue weighted by molar-refractivity contribution is 0.735. The summed E-state index contributed by atoms with van der Waals surface area (Å²) in [6, 6.07) is 107. The Labute approximate surface area is 452 Å². The molecule has 3 aliphatic rings. The zero-order valence-corrected chi connectivity index (χ0v) is 42.8. The summed E-state index contributed by atoms with van der Waals surface area (Å²) in [7, 11) is 0. The Balaban J connectivity index is 1.20. The van der Waals surface area contributed by atoms with Crippen LogP contribution in [-0.2, 0) is 22.7 Å². The lowest BCUT2D eigenvalue weighted by atomic mass is 9.63. The van der Waals surface area contributed by atoms with Crippen molar-refractivity contribution in [3.63, 3.8) is 0 Å². The van der Waals surface area contributed by atoms with Gasteiger partial charge in [0.05, 0.1) is 33.3 Å². The quantitative estimate of drug-likeness (QED) is 0.139. The van der Waals surface area contributed by atoms with Gasteiger partial charge < -0.3 is 4.90 Å². The van der Waals surface area contributed by atoms with Crippen molar-refractivity contribution < 1.29 is 0 Å². The molecule has 0 aliphatic heterocycles. The summed E-state index contributed by atoms with van der Waals surface area (Å²) in [4.78, 5) is 2.69.